The van der Waals surface area contributed by atoms with Crippen LogP contribution in [0.4, 0.5) is 0 Å². The highest BCUT2D eigenvalue weighted by molar-refractivity contribution is 5.39. The molecule has 2 aromatic carbocycles. The second kappa shape index (κ2) is 5.87. The van der Waals surface area contributed by atoms with E-state index >= 15 is 0 Å². The zero-order valence-corrected chi connectivity index (χ0v) is 13.1. The van der Waals surface area contributed by atoms with Gasteiger partial charge in [0, 0.05) is 0 Å². The molecule has 0 spiro atoms. The summed E-state index contributed by atoms with van der Waals surface area (Å²) < 4.78 is 0. The number of aryl methyl sites for hydroxylation is 2. The minimum absolute atomic E-state index is 0.390. The van der Waals surface area contributed by atoms with Crippen molar-refractivity contribution in [3.8, 4) is 0 Å². The van der Waals surface area contributed by atoms with Crippen molar-refractivity contribution in [2.45, 2.75) is 32.9 Å². The van der Waals surface area contributed by atoms with E-state index < -0.39 is 0 Å². The lowest BCUT2D eigenvalue weighted by Gasteiger charge is -2.31. The molecule has 0 amide bonds. The van der Waals surface area contributed by atoms with E-state index in [4.69, 9.17) is 0 Å². The minimum atomic E-state index is 0.390. The van der Waals surface area contributed by atoms with Crippen molar-refractivity contribution >= 4 is 0 Å². The molecule has 0 saturated heterocycles. The lowest BCUT2D eigenvalue weighted by atomic mass is 9.99. The average molecular weight is 277 g/mol. The van der Waals surface area contributed by atoms with Crippen LogP contribution in [0.3, 0.4) is 0 Å². The van der Waals surface area contributed by atoms with Gasteiger partial charge >= 0.3 is 0 Å². The fraction of sp³-hybridized carbons (Fsp3) is 0.300. The Balaban J connectivity index is 1.97. The molecule has 3 rings (SSSR count). The van der Waals surface area contributed by atoms with Crippen LogP contribution in [-0.2, 0) is 0 Å². The van der Waals surface area contributed by atoms with Crippen LogP contribution in [-0.4, -0.2) is 11.4 Å². The lowest BCUT2D eigenvalue weighted by molar-refractivity contribution is 0.222. The molecule has 0 bridgehead atoms. The molecule has 1 nitrogen and oxygen atoms in total. The monoisotopic (exact) mass is 277 g/mol. The highest BCUT2D eigenvalue weighted by Crippen LogP contribution is 2.39. The Morgan fingerprint density at radius 2 is 1.19 bits per heavy atom. The molecule has 1 aliphatic heterocycles. The smallest absolute Gasteiger partial charge is 0.0543 e. The first kappa shape index (κ1) is 14.1. The Morgan fingerprint density at radius 3 is 1.57 bits per heavy atom. The summed E-state index contributed by atoms with van der Waals surface area (Å²) in [5.41, 5.74) is 5.59. The Bertz CT molecular complexity index is 601. The summed E-state index contributed by atoms with van der Waals surface area (Å²) in [6.07, 6.45) is 4.73. The maximum absolute atomic E-state index is 2.57. The zero-order chi connectivity index (χ0) is 14.8. The quantitative estimate of drug-likeness (QED) is 0.715. The average Bonchev–Trinajstić information content (AvgIpc) is 2.91. The van der Waals surface area contributed by atoms with Crippen molar-refractivity contribution in [3.05, 3.63) is 82.9 Å². The molecule has 0 aromatic heterocycles. The zero-order valence-electron chi connectivity index (χ0n) is 13.1. The minimum Gasteiger partial charge on any atom is -0.283 e. The first-order chi connectivity index (χ1) is 10.2. The van der Waals surface area contributed by atoms with Gasteiger partial charge in [-0.2, -0.15) is 0 Å². The predicted octanol–water partition coefficient (Wildman–Crippen LogP) is 4.98. The maximum Gasteiger partial charge on any atom is 0.0543 e. The summed E-state index contributed by atoms with van der Waals surface area (Å²) in [5.74, 6) is 0. The fourth-order valence-electron chi connectivity index (χ4n) is 3.40. The van der Waals surface area contributed by atoms with Crippen molar-refractivity contribution in [2.75, 3.05) is 6.54 Å². The molecule has 0 aliphatic carbocycles. The standard InChI is InChI=1S/C20H23N/c1-4-21-19(17-11-7-5-9-15(17)2)13-14-20(21)18-12-8-6-10-16(18)3/h5-14,19-20H,4H2,1-3H3. The highest BCUT2D eigenvalue weighted by Gasteiger charge is 2.30. The molecule has 2 unspecified atom stereocenters. The van der Waals surface area contributed by atoms with Gasteiger partial charge < -0.3 is 0 Å². The van der Waals surface area contributed by atoms with Crippen LogP contribution in [0.25, 0.3) is 0 Å². The molecular weight excluding hydrogens is 254 g/mol. The highest BCUT2D eigenvalue weighted by atomic mass is 15.2. The molecule has 1 heteroatoms. The third-order valence-corrected chi connectivity index (χ3v) is 4.57. The van der Waals surface area contributed by atoms with Crippen LogP contribution < -0.4 is 0 Å². The first-order valence-electron chi connectivity index (χ1n) is 7.77. The Hall–Kier alpha value is -1.86. The summed E-state index contributed by atoms with van der Waals surface area (Å²) in [6, 6.07) is 18.2. The van der Waals surface area contributed by atoms with Gasteiger partial charge in [0.2, 0.25) is 0 Å². The van der Waals surface area contributed by atoms with Crippen LogP contribution in [0.2, 0.25) is 0 Å². The Morgan fingerprint density at radius 1 is 0.762 bits per heavy atom. The second-order valence-corrected chi connectivity index (χ2v) is 5.82. The van der Waals surface area contributed by atoms with Gasteiger partial charge in [-0.3, -0.25) is 4.90 Å². The van der Waals surface area contributed by atoms with Gasteiger partial charge in [0.1, 0.15) is 0 Å². The molecule has 0 fully saturated rings. The molecular formula is C20H23N. The topological polar surface area (TPSA) is 3.24 Å². The van der Waals surface area contributed by atoms with Crippen LogP contribution in [0.5, 0.6) is 0 Å². The van der Waals surface area contributed by atoms with Crippen LogP contribution in [0.1, 0.15) is 41.3 Å². The molecule has 21 heavy (non-hydrogen) atoms. The number of likely N-dealkylation sites (N-methyl/N-ethyl adjacent to an activating group) is 1. The molecule has 0 saturated carbocycles. The van der Waals surface area contributed by atoms with Crippen molar-refractivity contribution in [2.24, 2.45) is 0 Å². The third-order valence-electron chi connectivity index (χ3n) is 4.57. The Kier molecular flexibility index (Phi) is 3.94. The molecule has 1 aliphatic rings. The van der Waals surface area contributed by atoms with E-state index in [0.29, 0.717) is 12.1 Å². The number of hydrogen-bond acceptors (Lipinski definition) is 1. The normalized spacial score (nSPS) is 21.9. The van der Waals surface area contributed by atoms with Gasteiger partial charge in [0.05, 0.1) is 12.1 Å². The van der Waals surface area contributed by atoms with E-state index in [9.17, 15) is 0 Å². The van der Waals surface area contributed by atoms with Crippen LogP contribution >= 0.6 is 0 Å². The number of benzene rings is 2. The van der Waals surface area contributed by atoms with Crippen LogP contribution in [0.15, 0.2) is 60.7 Å². The van der Waals surface area contributed by atoms with Crippen molar-refractivity contribution in [1.82, 2.24) is 4.90 Å². The van der Waals surface area contributed by atoms with Gasteiger partial charge in [-0.25, -0.2) is 0 Å². The van der Waals surface area contributed by atoms with Crippen molar-refractivity contribution in [3.63, 3.8) is 0 Å². The summed E-state index contributed by atoms with van der Waals surface area (Å²) in [7, 11) is 0. The number of hydrogen-bond donors (Lipinski definition) is 0. The Labute approximate surface area is 127 Å². The molecule has 0 radical (unpaired) electrons. The first-order valence-corrected chi connectivity index (χ1v) is 7.77. The largest absolute Gasteiger partial charge is 0.283 e. The van der Waals surface area contributed by atoms with E-state index in [1.54, 1.807) is 0 Å². The maximum atomic E-state index is 2.57. The summed E-state index contributed by atoms with van der Waals surface area (Å²) in [6.45, 7) is 7.71. The van der Waals surface area contributed by atoms with Gasteiger partial charge in [-0.15, -0.1) is 0 Å². The predicted molar refractivity (Wildman–Crippen MR) is 89.4 cm³/mol. The van der Waals surface area contributed by atoms with E-state index in [1.165, 1.54) is 22.3 Å². The molecule has 1 heterocycles. The molecule has 2 atom stereocenters. The van der Waals surface area contributed by atoms with Gasteiger partial charge in [0.15, 0.2) is 0 Å². The third kappa shape index (κ3) is 2.54. The number of rotatable bonds is 3. The van der Waals surface area contributed by atoms with E-state index in [2.05, 4.69) is 86.4 Å². The van der Waals surface area contributed by atoms with Crippen molar-refractivity contribution in [1.29, 1.82) is 0 Å². The summed E-state index contributed by atoms with van der Waals surface area (Å²) in [4.78, 5) is 2.57. The molecule has 2 aromatic rings. The van der Waals surface area contributed by atoms with E-state index in [1.807, 2.05) is 0 Å². The molecule has 0 N–H and O–H groups in total. The summed E-state index contributed by atoms with van der Waals surface area (Å²) in [5, 5.41) is 0. The van der Waals surface area contributed by atoms with Gasteiger partial charge in [-0.1, -0.05) is 67.6 Å². The van der Waals surface area contributed by atoms with Gasteiger partial charge in [0.25, 0.3) is 0 Å². The van der Waals surface area contributed by atoms with Crippen molar-refractivity contribution < 1.29 is 0 Å². The van der Waals surface area contributed by atoms with E-state index in [-0.39, 0.29) is 0 Å². The lowest BCUT2D eigenvalue weighted by Crippen LogP contribution is -2.27. The SMILES string of the molecule is CCN1C(c2ccccc2C)C=CC1c1ccccc1C. The van der Waals surface area contributed by atoms with Gasteiger partial charge in [-0.05, 0) is 42.6 Å². The number of nitrogens with zero attached hydrogens (tertiary/aromatic N) is 1. The van der Waals surface area contributed by atoms with E-state index in [0.717, 1.165) is 6.54 Å². The second-order valence-electron chi connectivity index (χ2n) is 5.82. The molecule has 108 valence electrons. The van der Waals surface area contributed by atoms with Crippen LogP contribution in [0, 0.1) is 13.8 Å². The summed E-state index contributed by atoms with van der Waals surface area (Å²) >= 11 is 0. The fourth-order valence-corrected chi connectivity index (χ4v) is 3.40.